The van der Waals surface area contributed by atoms with Crippen LogP contribution in [0, 0.1) is 17.2 Å². The van der Waals surface area contributed by atoms with Crippen molar-refractivity contribution >= 4 is 0 Å². The Morgan fingerprint density at radius 3 is 2.41 bits per heavy atom. The third kappa shape index (κ3) is 5.46. The Bertz CT molecular complexity index is 763. The molecule has 3 atom stereocenters. The second-order valence-electron chi connectivity index (χ2n) is 9.63. The molecule has 1 heterocycles. The van der Waals surface area contributed by atoms with Crippen LogP contribution in [0.1, 0.15) is 56.1 Å². The van der Waals surface area contributed by atoms with Gasteiger partial charge in [-0.05, 0) is 99.0 Å². The van der Waals surface area contributed by atoms with Crippen LogP contribution in [0.25, 0.3) is 0 Å². The molecule has 1 saturated carbocycles. The molecule has 2 aliphatic rings. The standard InChI is InChI=1S/C26H35FN2/c1-20(28)19-29-15-13-26(14-16-29,18-21-7-9-24(27)10-8-21)12-11-23-17-25(23)22-5-3-2-4-6-22/h2-10,20,23,25H,11-19,28H2,1H3/t20-,23+,25?/m0/s1. The molecule has 29 heavy (non-hydrogen) atoms. The van der Waals surface area contributed by atoms with Gasteiger partial charge in [-0.25, -0.2) is 4.39 Å². The minimum absolute atomic E-state index is 0.141. The SMILES string of the molecule is C[C@H](N)CN1CCC(CC[C@@H]2CC2c2ccccc2)(Cc2ccc(F)cc2)CC1. The Kier molecular flexibility index (Phi) is 6.36. The summed E-state index contributed by atoms with van der Waals surface area (Å²) in [4.78, 5) is 2.53. The highest BCUT2D eigenvalue weighted by Crippen LogP contribution is 2.52. The summed E-state index contributed by atoms with van der Waals surface area (Å²) in [5.41, 5.74) is 9.16. The lowest BCUT2D eigenvalue weighted by molar-refractivity contribution is 0.0883. The zero-order valence-corrected chi connectivity index (χ0v) is 17.7. The van der Waals surface area contributed by atoms with Crippen LogP contribution in [0.5, 0.6) is 0 Å². The first-order valence-electron chi connectivity index (χ1n) is 11.3. The molecule has 1 aliphatic carbocycles. The smallest absolute Gasteiger partial charge is 0.123 e. The Balaban J connectivity index is 1.39. The summed E-state index contributed by atoms with van der Waals surface area (Å²) in [6, 6.07) is 18.4. The van der Waals surface area contributed by atoms with E-state index in [2.05, 4.69) is 42.2 Å². The molecule has 2 nitrogen and oxygen atoms in total. The average Bonchev–Trinajstić information content (AvgIpc) is 3.50. The summed E-state index contributed by atoms with van der Waals surface area (Å²) in [5.74, 6) is 1.46. The monoisotopic (exact) mass is 394 g/mol. The van der Waals surface area contributed by atoms with Gasteiger partial charge in [0.2, 0.25) is 0 Å². The molecule has 1 unspecified atom stereocenters. The van der Waals surface area contributed by atoms with Crippen molar-refractivity contribution in [3.63, 3.8) is 0 Å². The van der Waals surface area contributed by atoms with E-state index in [0.717, 1.165) is 37.9 Å². The Labute approximate surface area is 175 Å². The van der Waals surface area contributed by atoms with Gasteiger partial charge in [0.1, 0.15) is 5.82 Å². The molecule has 1 aliphatic heterocycles. The van der Waals surface area contributed by atoms with Gasteiger partial charge < -0.3 is 10.6 Å². The third-order valence-corrected chi connectivity index (χ3v) is 7.15. The maximum Gasteiger partial charge on any atom is 0.123 e. The Morgan fingerprint density at radius 2 is 1.76 bits per heavy atom. The van der Waals surface area contributed by atoms with Crippen LogP contribution in [0.15, 0.2) is 54.6 Å². The maximum absolute atomic E-state index is 13.4. The van der Waals surface area contributed by atoms with Crippen molar-refractivity contribution in [3.8, 4) is 0 Å². The van der Waals surface area contributed by atoms with E-state index in [1.54, 1.807) is 12.1 Å². The fourth-order valence-electron chi connectivity index (χ4n) is 5.33. The Morgan fingerprint density at radius 1 is 1.07 bits per heavy atom. The largest absolute Gasteiger partial charge is 0.327 e. The highest BCUT2D eigenvalue weighted by atomic mass is 19.1. The van der Waals surface area contributed by atoms with Crippen molar-refractivity contribution in [2.24, 2.45) is 17.1 Å². The lowest BCUT2D eigenvalue weighted by atomic mass is 9.70. The number of halogens is 1. The topological polar surface area (TPSA) is 29.3 Å². The first-order chi connectivity index (χ1) is 14.0. The van der Waals surface area contributed by atoms with Crippen LogP contribution in [-0.2, 0) is 6.42 Å². The Hall–Kier alpha value is -1.71. The molecule has 2 fully saturated rings. The molecule has 0 radical (unpaired) electrons. The van der Waals surface area contributed by atoms with E-state index >= 15 is 0 Å². The van der Waals surface area contributed by atoms with Crippen LogP contribution < -0.4 is 5.73 Å². The first-order valence-corrected chi connectivity index (χ1v) is 11.3. The maximum atomic E-state index is 13.4. The molecule has 0 spiro atoms. The van der Waals surface area contributed by atoms with E-state index < -0.39 is 0 Å². The fourth-order valence-corrected chi connectivity index (χ4v) is 5.33. The van der Waals surface area contributed by atoms with Crippen LogP contribution in [-0.4, -0.2) is 30.6 Å². The highest BCUT2D eigenvalue weighted by molar-refractivity contribution is 5.25. The zero-order valence-electron chi connectivity index (χ0n) is 17.7. The second-order valence-corrected chi connectivity index (χ2v) is 9.63. The van der Waals surface area contributed by atoms with Gasteiger partial charge in [-0.2, -0.15) is 0 Å². The third-order valence-electron chi connectivity index (χ3n) is 7.15. The number of nitrogens with two attached hydrogens (primary N) is 1. The number of piperidine rings is 1. The quantitative estimate of drug-likeness (QED) is 0.651. The average molecular weight is 395 g/mol. The summed E-state index contributed by atoms with van der Waals surface area (Å²) in [7, 11) is 0. The van der Waals surface area contributed by atoms with Crippen LogP contribution in [0.3, 0.4) is 0 Å². The number of nitrogens with zero attached hydrogens (tertiary/aromatic N) is 1. The number of hydrogen-bond donors (Lipinski definition) is 1. The van der Waals surface area contributed by atoms with E-state index in [9.17, 15) is 4.39 Å². The summed E-state index contributed by atoms with van der Waals surface area (Å²) < 4.78 is 13.4. The van der Waals surface area contributed by atoms with Gasteiger partial charge in [-0.15, -0.1) is 0 Å². The van der Waals surface area contributed by atoms with Crippen molar-refractivity contribution in [3.05, 3.63) is 71.5 Å². The van der Waals surface area contributed by atoms with Gasteiger partial charge in [0.05, 0.1) is 0 Å². The van der Waals surface area contributed by atoms with Gasteiger partial charge in [0.15, 0.2) is 0 Å². The van der Waals surface area contributed by atoms with Gasteiger partial charge in [0, 0.05) is 12.6 Å². The van der Waals surface area contributed by atoms with Crippen molar-refractivity contribution in [2.75, 3.05) is 19.6 Å². The second kappa shape index (κ2) is 8.97. The predicted molar refractivity (Wildman–Crippen MR) is 118 cm³/mol. The van der Waals surface area contributed by atoms with Gasteiger partial charge >= 0.3 is 0 Å². The van der Waals surface area contributed by atoms with Crippen LogP contribution in [0.2, 0.25) is 0 Å². The van der Waals surface area contributed by atoms with Crippen molar-refractivity contribution in [1.82, 2.24) is 4.90 Å². The van der Waals surface area contributed by atoms with Gasteiger partial charge in [-0.1, -0.05) is 42.5 Å². The number of benzene rings is 2. The summed E-state index contributed by atoms with van der Waals surface area (Å²) in [6.07, 6.45) is 7.45. The number of likely N-dealkylation sites (tertiary alicyclic amines) is 1. The van der Waals surface area contributed by atoms with E-state index in [1.165, 1.54) is 43.2 Å². The van der Waals surface area contributed by atoms with E-state index in [1.807, 2.05) is 12.1 Å². The predicted octanol–water partition coefficient (Wildman–Crippen LogP) is 5.38. The van der Waals surface area contributed by atoms with Crippen molar-refractivity contribution < 1.29 is 4.39 Å². The normalized spacial score (nSPS) is 24.9. The van der Waals surface area contributed by atoms with Crippen molar-refractivity contribution in [1.29, 1.82) is 0 Å². The van der Waals surface area contributed by atoms with E-state index in [4.69, 9.17) is 5.73 Å². The lowest BCUT2D eigenvalue weighted by Crippen LogP contribution is -2.45. The van der Waals surface area contributed by atoms with Gasteiger partial charge in [0.25, 0.3) is 0 Å². The lowest BCUT2D eigenvalue weighted by Gasteiger charge is -2.43. The summed E-state index contributed by atoms with van der Waals surface area (Å²) >= 11 is 0. The van der Waals surface area contributed by atoms with Crippen LogP contribution in [0.4, 0.5) is 4.39 Å². The summed E-state index contributed by atoms with van der Waals surface area (Å²) in [6.45, 7) is 5.35. The van der Waals surface area contributed by atoms with E-state index in [0.29, 0.717) is 5.41 Å². The first kappa shape index (κ1) is 20.6. The molecular formula is C26H35FN2. The molecule has 1 saturated heterocycles. The highest BCUT2D eigenvalue weighted by Gasteiger charge is 2.41. The minimum Gasteiger partial charge on any atom is -0.327 e. The van der Waals surface area contributed by atoms with E-state index in [-0.39, 0.29) is 11.9 Å². The number of hydrogen-bond acceptors (Lipinski definition) is 2. The zero-order chi connectivity index (χ0) is 20.3. The molecule has 2 N–H and O–H groups in total. The number of rotatable bonds is 8. The molecule has 2 aromatic carbocycles. The molecule has 0 aromatic heterocycles. The molecular weight excluding hydrogens is 359 g/mol. The molecule has 156 valence electrons. The summed E-state index contributed by atoms with van der Waals surface area (Å²) in [5, 5.41) is 0. The molecule has 4 rings (SSSR count). The fraction of sp³-hybridized carbons (Fsp3) is 0.538. The van der Waals surface area contributed by atoms with Crippen LogP contribution >= 0.6 is 0 Å². The molecule has 0 amide bonds. The van der Waals surface area contributed by atoms with Gasteiger partial charge in [-0.3, -0.25) is 0 Å². The molecule has 0 bridgehead atoms. The minimum atomic E-state index is -0.141. The molecule has 2 aromatic rings. The molecule has 3 heteroatoms. The van der Waals surface area contributed by atoms with Crippen molar-refractivity contribution in [2.45, 2.75) is 57.4 Å².